The van der Waals surface area contributed by atoms with Gasteiger partial charge in [0.25, 0.3) is 0 Å². The molecule has 0 amide bonds. The number of nitrogens with zero attached hydrogens (tertiary/aromatic N) is 1. The second kappa shape index (κ2) is 3.64. The number of pyridine rings is 1. The molecule has 2 aromatic rings. The number of carbonyl (C=O) groups excluding carboxylic acids is 1. The summed E-state index contributed by atoms with van der Waals surface area (Å²) in [7, 11) is 0. The lowest BCUT2D eigenvalue weighted by Gasteiger charge is -2.07. The van der Waals surface area contributed by atoms with Gasteiger partial charge < -0.3 is 5.73 Å². The molecule has 2 N–H and O–H groups in total. The Bertz CT molecular complexity index is 588. The van der Waals surface area contributed by atoms with Crippen molar-refractivity contribution < 1.29 is 4.79 Å². The van der Waals surface area contributed by atoms with Crippen molar-refractivity contribution in [3.05, 3.63) is 42.1 Å². The Labute approximate surface area is 99.7 Å². The number of carbonyl (C=O) groups is 1. The number of para-hydroxylation sites is 1. The molecule has 0 spiro atoms. The maximum Gasteiger partial charge on any atom is 0.158 e. The number of nitrogens with two attached hydrogens (primary N) is 1. The van der Waals surface area contributed by atoms with Gasteiger partial charge in [0.1, 0.15) is 0 Å². The number of aromatic nitrogens is 1. The molecule has 1 saturated carbocycles. The van der Waals surface area contributed by atoms with E-state index >= 15 is 0 Å². The zero-order valence-electron chi connectivity index (χ0n) is 9.52. The molecule has 1 aromatic heterocycles. The molecule has 0 aliphatic heterocycles. The minimum Gasteiger partial charge on any atom is -0.319 e. The quantitative estimate of drug-likeness (QED) is 0.868. The van der Waals surface area contributed by atoms with Gasteiger partial charge in [-0.15, -0.1) is 0 Å². The van der Waals surface area contributed by atoms with Gasteiger partial charge in [-0.2, -0.15) is 0 Å². The van der Waals surface area contributed by atoms with Gasteiger partial charge in [-0.25, -0.2) is 0 Å². The molecular formula is C14H14N2O. The molecule has 0 atom stereocenters. The van der Waals surface area contributed by atoms with Crippen LogP contribution in [0.1, 0.15) is 18.5 Å². The highest BCUT2D eigenvalue weighted by Gasteiger charge is 2.45. The number of hydrogen-bond donors (Lipinski definition) is 1. The second-order valence-electron chi connectivity index (χ2n) is 4.75. The molecule has 1 aliphatic rings. The van der Waals surface area contributed by atoms with E-state index in [1.54, 1.807) is 0 Å². The molecule has 3 heteroatoms. The van der Waals surface area contributed by atoms with Gasteiger partial charge in [0.15, 0.2) is 5.78 Å². The summed E-state index contributed by atoms with van der Waals surface area (Å²) in [6, 6.07) is 11.8. The smallest absolute Gasteiger partial charge is 0.158 e. The van der Waals surface area contributed by atoms with Crippen LogP contribution in [0.2, 0.25) is 0 Å². The summed E-state index contributed by atoms with van der Waals surface area (Å²) >= 11 is 0. The van der Waals surface area contributed by atoms with Crippen molar-refractivity contribution in [2.24, 2.45) is 5.73 Å². The molecule has 86 valence electrons. The van der Waals surface area contributed by atoms with Crippen molar-refractivity contribution in [3.8, 4) is 0 Å². The Morgan fingerprint density at radius 1 is 1.24 bits per heavy atom. The minimum atomic E-state index is -0.548. The monoisotopic (exact) mass is 226 g/mol. The predicted octanol–water partition coefficient (Wildman–Crippen LogP) is 1.84. The van der Waals surface area contributed by atoms with E-state index in [-0.39, 0.29) is 5.78 Å². The molecule has 1 aromatic carbocycles. The highest BCUT2D eigenvalue weighted by molar-refractivity contribution is 5.92. The molecular weight excluding hydrogens is 212 g/mol. The van der Waals surface area contributed by atoms with Crippen LogP contribution >= 0.6 is 0 Å². The van der Waals surface area contributed by atoms with Crippen LogP contribution in [0.5, 0.6) is 0 Å². The summed E-state index contributed by atoms with van der Waals surface area (Å²) in [5.41, 5.74) is 7.07. The lowest BCUT2D eigenvalue weighted by atomic mass is 10.1. The topological polar surface area (TPSA) is 56.0 Å². The number of rotatable bonds is 3. The van der Waals surface area contributed by atoms with E-state index in [4.69, 9.17) is 5.73 Å². The van der Waals surface area contributed by atoms with Gasteiger partial charge in [0.05, 0.1) is 17.5 Å². The lowest BCUT2D eigenvalue weighted by Crippen LogP contribution is -2.34. The summed E-state index contributed by atoms with van der Waals surface area (Å²) in [5, 5.41) is 1.09. The van der Waals surface area contributed by atoms with Crippen LogP contribution in [-0.2, 0) is 11.2 Å². The van der Waals surface area contributed by atoms with Crippen molar-refractivity contribution in [2.45, 2.75) is 24.8 Å². The Hall–Kier alpha value is -1.74. The van der Waals surface area contributed by atoms with Crippen molar-refractivity contribution in [1.82, 2.24) is 4.98 Å². The molecule has 0 saturated heterocycles. The SMILES string of the molecule is NC1(C(=O)Cc2ccc3ccccc3n2)CC1. The fraction of sp³-hybridized carbons (Fsp3) is 0.286. The van der Waals surface area contributed by atoms with Crippen molar-refractivity contribution in [1.29, 1.82) is 0 Å². The maximum absolute atomic E-state index is 11.9. The van der Waals surface area contributed by atoms with Crippen molar-refractivity contribution in [3.63, 3.8) is 0 Å². The molecule has 1 heterocycles. The molecule has 1 fully saturated rings. The Morgan fingerprint density at radius 2 is 2.00 bits per heavy atom. The van der Waals surface area contributed by atoms with E-state index in [0.717, 1.165) is 29.4 Å². The summed E-state index contributed by atoms with van der Waals surface area (Å²) in [5.74, 6) is 0.111. The molecule has 0 radical (unpaired) electrons. The molecule has 3 nitrogen and oxygen atoms in total. The summed E-state index contributed by atoms with van der Waals surface area (Å²) < 4.78 is 0. The highest BCUT2D eigenvalue weighted by atomic mass is 16.1. The number of fused-ring (bicyclic) bond motifs is 1. The van der Waals surface area contributed by atoms with Crippen LogP contribution in [0.25, 0.3) is 10.9 Å². The molecule has 0 bridgehead atoms. The van der Waals surface area contributed by atoms with Crippen LogP contribution in [-0.4, -0.2) is 16.3 Å². The average Bonchev–Trinajstić information content (AvgIpc) is 3.09. The third-order valence-corrected chi connectivity index (χ3v) is 3.34. The van der Waals surface area contributed by atoms with E-state index in [2.05, 4.69) is 4.98 Å². The summed E-state index contributed by atoms with van der Waals surface area (Å²) in [6.07, 6.45) is 1.99. The Morgan fingerprint density at radius 3 is 2.76 bits per heavy atom. The fourth-order valence-electron chi connectivity index (χ4n) is 1.96. The zero-order chi connectivity index (χ0) is 11.9. The van der Waals surface area contributed by atoms with E-state index in [1.165, 1.54) is 0 Å². The van der Waals surface area contributed by atoms with Gasteiger partial charge in [0, 0.05) is 11.1 Å². The van der Waals surface area contributed by atoms with Crippen molar-refractivity contribution >= 4 is 16.7 Å². The third-order valence-electron chi connectivity index (χ3n) is 3.34. The first-order chi connectivity index (χ1) is 8.17. The lowest BCUT2D eigenvalue weighted by molar-refractivity contribution is -0.120. The van der Waals surface area contributed by atoms with Crippen LogP contribution in [0.3, 0.4) is 0 Å². The summed E-state index contributed by atoms with van der Waals surface area (Å²) in [6.45, 7) is 0. The number of benzene rings is 1. The normalized spacial score (nSPS) is 17.0. The van der Waals surface area contributed by atoms with E-state index in [0.29, 0.717) is 6.42 Å². The first-order valence-corrected chi connectivity index (χ1v) is 5.84. The van der Waals surface area contributed by atoms with Gasteiger partial charge in [-0.1, -0.05) is 24.3 Å². The Kier molecular flexibility index (Phi) is 2.23. The van der Waals surface area contributed by atoms with Gasteiger partial charge in [-0.05, 0) is 25.0 Å². The molecule has 17 heavy (non-hydrogen) atoms. The third kappa shape index (κ3) is 1.94. The fourth-order valence-corrected chi connectivity index (χ4v) is 1.96. The predicted molar refractivity (Wildman–Crippen MR) is 66.6 cm³/mol. The number of hydrogen-bond acceptors (Lipinski definition) is 3. The first kappa shape index (κ1) is 10.4. The van der Waals surface area contributed by atoms with E-state index in [9.17, 15) is 4.79 Å². The average molecular weight is 226 g/mol. The van der Waals surface area contributed by atoms with Gasteiger partial charge >= 0.3 is 0 Å². The molecule has 3 rings (SSSR count). The second-order valence-corrected chi connectivity index (χ2v) is 4.75. The number of ketones is 1. The standard InChI is InChI=1S/C14H14N2O/c15-14(7-8-14)13(17)9-11-6-5-10-3-1-2-4-12(10)16-11/h1-6H,7-9,15H2. The minimum absolute atomic E-state index is 0.111. The summed E-state index contributed by atoms with van der Waals surface area (Å²) in [4.78, 5) is 16.3. The molecule has 0 unspecified atom stereocenters. The number of Topliss-reactive ketones (excluding diaryl/α,β-unsaturated/α-hetero) is 1. The Balaban J connectivity index is 1.88. The first-order valence-electron chi connectivity index (χ1n) is 5.84. The van der Waals surface area contributed by atoms with Crippen molar-refractivity contribution in [2.75, 3.05) is 0 Å². The van der Waals surface area contributed by atoms with E-state index < -0.39 is 5.54 Å². The van der Waals surface area contributed by atoms with E-state index in [1.807, 2.05) is 36.4 Å². The van der Waals surface area contributed by atoms with Gasteiger partial charge in [-0.3, -0.25) is 9.78 Å². The maximum atomic E-state index is 11.9. The molecule has 1 aliphatic carbocycles. The highest BCUT2D eigenvalue weighted by Crippen LogP contribution is 2.33. The largest absolute Gasteiger partial charge is 0.319 e. The van der Waals surface area contributed by atoms with Crippen LogP contribution in [0, 0.1) is 0 Å². The zero-order valence-corrected chi connectivity index (χ0v) is 9.52. The van der Waals surface area contributed by atoms with Crippen LogP contribution < -0.4 is 5.73 Å². The van der Waals surface area contributed by atoms with Crippen LogP contribution in [0.15, 0.2) is 36.4 Å². The van der Waals surface area contributed by atoms with Crippen LogP contribution in [0.4, 0.5) is 0 Å². The van der Waals surface area contributed by atoms with Gasteiger partial charge in [0.2, 0.25) is 0 Å².